The van der Waals surface area contributed by atoms with Crippen LogP contribution in [0.3, 0.4) is 0 Å². The Hall–Kier alpha value is -2.07. The molecule has 0 bridgehead atoms. The summed E-state index contributed by atoms with van der Waals surface area (Å²) in [5, 5.41) is 10.1. The average Bonchev–Trinajstić information content (AvgIpc) is 2.38. The number of nitrogens with two attached hydrogens (primary N) is 1. The van der Waals surface area contributed by atoms with E-state index in [9.17, 15) is 9.50 Å². The van der Waals surface area contributed by atoms with Crippen LogP contribution in [-0.2, 0) is 0 Å². The van der Waals surface area contributed by atoms with Crippen molar-refractivity contribution in [3.05, 3.63) is 59.4 Å². The molecule has 0 saturated heterocycles. The lowest BCUT2D eigenvalue weighted by Gasteiger charge is -2.12. The number of hydrogen-bond donors (Lipinski definition) is 2. The second-order valence-electron chi connectivity index (χ2n) is 3.96. The highest BCUT2D eigenvalue weighted by atomic mass is 19.1. The second kappa shape index (κ2) is 5.06. The average molecular weight is 247 g/mol. The first-order valence-electron chi connectivity index (χ1n) is 5.48. The molecule has 0 fully saturated rings. The summed E-state index contributed by atoms with van der Waals surface area (Å²) < 4.78 is 18.4. The van der Waals surface area contributed by atoms with Crippen LogP contribution in [0.4, 0.5) is 10.1 Å². The molecular weight excluding hydrogens is 233 g/mol. The van der Waals surface area contributed by atoms with E-state index in [4.69, 9.17) is 10.5 Å². The number of aliphatic hydroxyl groups excluding tert-OH is 1. The molecule has 94 valence electrons. The Morgan fingerprint density at radius 1 is 1.11 bits per heavy atom. The number of hydrogen-bond acceptors (Lipinski definition) is 3. The van der Waals surface area contributed by atoms with Crippen molar-refractivity contribution in [1.29, 1.82) is 0 Å². The van der Waals surface area contributed by atoms with E-state index in [2.05, 4.69) is 0 Å². The summed E-state index contributed by atoms with van der Waals surface area (Å²) in [5.74, 6) is -0.340. The first-order valence-corrected chi connectivity index (χ1v) is 5.48. The van der Waals surface area contributed by atoms with Gasteiger partial charge in [-0.15, -0.1) is 0 Å². The predicted octanol–water partition coefficient (Wildman–Crippen LogP) is 2.50. The highest BCUT2D eigenvalue weighted by Gasteiger charge is 2.13. The third kappa shape index (κ3) is 2.43. The minimum Gasteiger partial charge on any atom is -0.494 e. The van der Waals surface area contributed by atoms with E-state index in [1.807, 2.05) is 0 Å². The second-order valence-corrected chi connectivity index (χ2v) is 3.96. The standard InChI is InChI=1S/C14H14FNO2/c1-18-13-7-4-10(8-12(13)15)14(17)9-2-5-11(16)6-3-9/h2-8,14,17H,16H2,1H3. The number of rotatable bonds is 3. The Balaban J connectivity index is 2.31. The van der Waals surface area contributed by atoms with Crippen LogP contribution >= 0.6 is 0 Å². The molecule has 0 spiro atoms. The van der Waals surface area contributed by atoms with Gasteiger partial charge in [0.05, 0.1) is 7.11 Å². The summed E-state index contributed by atoms with van der Waals surface area (Å²) in [6, 6.07) is 11.2. The maximum atomic E-state index is 13.5. The molecule has 4 heteroatoms. The Bertz CT molecular complexity index is 540. The van der Waals surface area contributed by atoms with Gasteiger partial charge >= 0.3 is 0 Å². The molecule has 18 heavy (non-hydrogen) atoms. The van der Waals surface area contributed by atoms with Crippen molar-refractivity contribution < 1.29 is 14.2 Å². The van der Waals surface area contributed by atoms with Gasteiger partial charge in [-0.3, -0.25) is 0 Å². The molecule has 0 aromatic heterocycles. The van der Waals surface area contributed by atoms with Gasteiger partial charge in [0, 0.05) is 5.69 Å². The normalized spacial score (nSPS) is 12.2. The fraction of sp³-hybridized carbons (Fsp3) is 0.143. The van der Waals surface area contributed by atoms with E-state index in [1.54, 1.807) is 30.3 Å². The van der Waals surface area contributed by atoms with Gasteiger partial charge in [0.1, 0.15) is 6.10 Å². The zero-order valence-electron chi connectivity index (χ0n) is 9.93. The Labute approximate surface area is 105 Å². The molecule has 2 rings (SSSR count). The fourth-order valence-corrected chi connectivity index (χ4v) is 1.72. The van der Waals surface area contributed by atoms with E-state index in [0.29, 0.717) is 16.8 Å². The third-order valence-electron chi connectivity index (χ3n) is 2.74. The van der Waals surface area contributed by atoms with Crippen LogP contribution in [-0.4, -0.2) is 12.2 Å². The van der Waals surface area contributed by atoms with Crippen molar-refractivity contribution in [3.63, 3.8) is 0 Å². The lowest BCUT2D eigenvalue weighted by atomic mass is 10.0. The molecule has 0 aliphatic rings. The summed E-state index contributed by atoms with van der Waals surface area (Å²) in [5.41, 5.74) is 7.32. The van der Waals surface area contributed by atoms with Crippen LogP contribution in [0, 0.1) is 5.82 Å². The minimum atomic E-state index is -0.883. The van der Waals surface area contributed by atoms with Gasteiger partial charge in [0.15, 0.2) is 11.6 Å². The van der Waals surface area contributed by atoms with E-state index in [-0.39, 0.29) is 5.75 Å². The highest BCUT2D eigenvalue weighted by molar-refractivity contribution is 5.42. The van der Waals surface area contributed by atoms with Crippen LogP contribution in [0.5, 0.6) is 5.75 Å². The van der Waals surface area contributed by atoms with Gasteiger partial charge < -0.3 is 15.6 Å². The topological polar surface area (TPSA) is 55.5 Å². The molecule has 3 N–H and O–H groups in total. The molecule has 2 aromatic carbocycles. The van der Waals surface area contributed by atoms with Gasteiger partial charge in [-0.2, -0.15) is 0 Å². The van der Waals surface area contributed by atoms with Crippen LogP contribution in [0.15, 0.2) is 42.5 Å². The van der Waals surface area contributed by atoms with Gasteiger partial charge in [-0.1, -0.05) is 18.2 Å². The SMILES string of the molecule is COc1ccc(C(O)c2ccc(N)cc2)cc1F. The van der Waals surface area contributed by atoms with Crippen molar-refractivity contribution >= 4 is 5.69 Å². The summed E-state index contributed by atoms with van der Waals surface area (Å²) in [6.45, 7) is 0. The Kier molecular flexibility index (Phi) is 3.48. The van der Waals surface area contributed by atoms with E-state index in [0.717, 1.165) is 0 Å². The Morgan fingerprint density at radius 3 is 2.28 bits per heavy atom. The van der Waals surface area contributed by atoms with Gasteiger partial charge in [-0.25, -0.2) is 4.39 Å². The summed E-state index contributed by atoms with van der Waals surface area (Å²) in [4.78, 5) is 0. The largest absolute Gasteiger partial charge is 0.494 e. The summed E-state index contributed by atoms with van der Waals surface area (Å²) >= 11 is 0. The molecule has 3 nitrogen and oxygen atoms in total. The smallest absolute Gasteiger partial charge is 0.165 e. The number of methoxy groups -OCH3 is 1. The van der Waals surface area contributed by atoms with Crippen molar-refractivity contribution in [2.45, 2.75) is 6.10 Å². The molecular formula is C14H14FNO2. The minimum absolute atomic E-state index is 0.156. The zero-order valence-corrected chi connectivity index (χ0v) is 9.93. The summed E-state index contributed by atoms with van der Waals surface area (Å²) in [7, 11) is 1.40. The molecule has 2 aromatic rings. The predicted molar refractivity (Wildman–Crippen MR) is 67.9 cm³/mol. The molecule has 1 unspecified atom stereocenters. The molecule has 0 amide bonds. The molecule has 0 heterocycles. The molecule has 0 aliphatic heterocycles. The van der Waals surface area contributed by atoms with Crippen LogP contribution in [0.1, 0.15) is 17.2 Å². The lowest BCUT2D eigenvalue weighted by molar-refractivity contribution is 0.219. The molecule has 0 radical (unpaired) electrons. The monoisotopic (exact) mass is 247 g/mol. The van der Waals surface area contributed by atoms with Crippen molar-refractivity contribution in [1.82, 2.24) is 0 Å². The van der Waals surface area contributed by atoms with Crippen molar-refractivity contribution in [3.8, 4) is 5.75 Å². The number of benzene rings is 2. The Morgan fingerprint density at radius 2 is 1.72 bits per heavy atom. The van der Waals surface area contributed by atoms with Crippen LogP contribution in [0.2, 0.25) is 0 Å². The zero-order chi connectivity index (χ0) is 13.1. The number of anilines is 1. The molecule has 0 aliphatic carbocycles. The first kappa shape index (κ1) is 12.4. The summed E-state index contributed by atoms with van der Waals surface area (Å²) in [6.07, 6.45) is -0.883. The van der Waals surface area contributed by atoms with Gasteiger partial charge in [0.2, 0.25) is 0 Å². The number of ether oxygens (including phenoxy) is 1. The third-order valence-corrected chi connectivity index (χ3v) is 2.74. The van der Waals surface area contributed by atoms with Crippen LogP contribution in [0.25, 0.3) is 0 Å². The fourth-order valence-electron chi connectivity index (χ4n) is 1.72. The number of aliphatic hydroxyl groups is 1. The number of nitrogen functional groups attached to an aromatic ring is 1. The highest BCUT2D eigenvalue weighted by Crippen LogP contribution is 2.26. The maximum absolute atomic E-state index is 13.5. The van der Waals surface area contributed by atoms with Gasteiger partial charge in [-0.05, 0) is 35.4 Å². The maximum Gasteiger partial charge on any atom is 0.165 e. The molecule has 1 atom stereocenters. The van der Waals surface area contributed by atoms with Crippen molar-refractivity contribution in [2.75, 3.05) is 12.8 Å². The molecule has 0 saturated carbocycles. The van der Waals surface area contributed by atoms with E-state index < -0.39 is 11.9 Å². The lowest BCUT2D eigenvalue weighted by Crippen LogP contribution is -2.01. The van der Waals surface area contributed by atoms with E-state index in [1.165, 1.54) is 19.2 Å². The number of halogens is 1. The van der Waals surface area contributed by atoms with Crippen LogP contribution < -0.4 is 10.5 Å². The van der Waals surface area contributed by atoms with Crippen molar-refractivity contribution in [2.24, 2.45) is 0 Å². The van der Waals surface area contributed by atoms with E-state index >= 15 is 0 Å². The first-order chi connectivity index (χ1) is 8.61. The quantitative estimate of drug-likeness (QED) is 0.819. The van der Waals surface area contributed by atoms with Gasteiger partial charge in [0.25, 0.3) is 0 Å².